The van der Waals surface area contributed by atoms with E-state index in [2.05, 4.69) is 10.3 Å². The number of nitrogens with zero attached hydrogens (tertiary/aromatic N) is 1. The van der Waals surface area contributed by atoms with Crippen LogP contribution < -0.4 is 5.32 Å². The first kappa shape index (κ1) is 14.8. The predicted octanol–water partition coefficient (Wildman–Crippen LogP) is 4.73. The molecule has 1 aliphatic rings. The van der Waals surface area contributed by atoms with Crippen molar-refractivity contribution in [3.05, 3.63) is 40.0 Å². The SMILES string of the molecule is FC(F)(F)c1ncc(-c2ccc(CNC3CC3)c(Cl)c2)s1. The minimum Gasteiger partial charge on any atom is -0.310 e. The summed E-state index contributed by atoms with van der Waals surface area (Å²) >= 11 is 6.83. The van der Waals surface area contributed by atoms with Gasteiger partial charge in [0.15, 0.2) is 5.01 Å². The van der Waals surface area contributed by atoms with Crippen LogP contribution in [0.3, 0.4) is 0 Å². The summed E-state index contributed by atoms with van der Waals surface area (Å²) in [7, 11) is 0. The van der Waals surface area contributed by atoms with Crippen LogP contribution in [0, 0.1) is 0 Å². The van der Waals surface area contributed by atoms with E-state index in [0.29, 0.717) is 39.4 Å². The highest BCUT2D eigenvalue weighted by Gasteiger charge is 2.34. The lowest BCUT2D eigenvalue weighted by molar-refractivity contribution is -0.137. The molecular formula is C14H12ClF3N2S. The van der Waals surface area contributed by atoms with E-state index in [-0.39, 0.29) is 0 Å². The molecular weight excluding hydrogens is 321 g/mol. The Bertz CT molecular complexity index is 650. The molecule has 21 heavy (non-hydrogen) atoms. The van der Waals surface area contributed by atoms with Gasteiger partial charge in [-0.25, -0.2) is 4.98 Å². The molecule has 1 aromatic carbocycles. The van der Waals surface area contributed by atoms with Crippen molar-refractivity contribution in [3.63, 3.8) is 0 Å². The van der Waals surface area contributed by atoms with Gasteiger partial charge < -0.3 is 5.32 Å². The molecule has 2 nitrogen and oxygen atoms in total. The topological polar surface area (TPSA) is 24.9 Å². The van der Waals surface area contributed by atoms with E-state index >= 15 is 0 Å². The highest BCUT2D eigenvalue weighted by molar-refractivity contribution is 7.15. The zero-order valence-electron chi connectivity index (χ0n) is 10.9. The van der Waals surface area contributed by atoms with Crippen molar-refractivity contribution < 1.29 is 13.2 Å². The third-order valence-electron chi connectivity index (χ3n) is 3.24. The summed E-state index contributed by atoms with van der Waals surface area (Å²) in [6.45, 7) is 0.681. The van der Waals surface area contributed by atoms with Crippen molar-refractivity contribution >= 4 is 22.9 Å². The first-order chi connectivity index (χ1) is 9.93. The molecule has 0 amide bonds. The Morgan fingerprint density at radius 1 is 1.33 bits per heavy atom. The first-order valence-electron chi connectivity index (χ1n) is 6.48. The molecule has 1 fully saturated rings. The molecule has 0 radical (unpaired) electrons. The average Bonchev–Trinajstić information content (AvgIpc) is 3.09. The molecule has 0 saturated heterocycles. The Hall–Kier alpha value is -1.11. The number of nitrogens with one attached hydrogen (secondary N) is 1. The fourth-order valence-electron chi connectivity index (χ4n) is 1.92. The molecule has 0 atom stereocenters. The van der Waals surface area contributed by atoms with Crippen LogP contribution in [0.15, 0.2) is 24.4 Å². The Balaban J connectivity index is 1.79. The molecule has 0 spiro atoms. The fraction of sp³-hybridized carbons (Fsp3) is 0.357. The van der Waals surface area contributed by atoms with Crippen LogP contribution in [0.5, 0.6) is 0 Å². The lowest BCUT2D eigenvalue weighted by atomic mass is 10.1. The molecule has 2 aromatic rings. The van der Waals surface area contributed by atoms with Gasteiger partial charge in [0.1, 0.15) is 0 Å². The number of alkyl halides is 3. The van der Waals surface area contributed by atoms with Gasteiger partial charge >= 0.3 is 6.18 Å². The predicted molar refractivity (Wildman–Crippen MR) is 77.4 cm³/mol. The number of benzene rings is 1. The van der Waals surface area contributed by atoms with E-state index in [9.17, 15) is 13.2 Å². The van der Waals surface area contributed by atoms with E-state index < -0.39 is 11.2 Å². The van der Waals surface area contributed by atoms with E-state index in [1.54, 1.807) is 12.1 Å². The molecule has 1 saturated carbocycles. The van der Waals surface area contributed by atoms with Crippen molar-refractivity contribution in [1.29, 1.82) is 0 Å². The molecule has 1 aliphatic carbocycles. The third-order valence-corrected chi connectivity index (χ3v) is 4.69. The van der Waals surface area contributed by atoms with Crippen LogP contribution in [-0.2, 0) is 12.7 Å². The van der Waals surface area contributed by atoms with Crippen LogP contribution in [-0.4, -0.2) is 11.0 Å². The van der Waals surface area contributed by atoms with Crippen molar-refractivity contribution in [2.75, 3.05) is 0 Å². The second kappa shape index (κ2) is 5.59. The van der Waals surface area contributed by atoms with Gasteiger partial charge in [-0.3, -0.25) is 0 Å². The number of rotatable bonds is 4. The summed E-state index contributed by atoms with van der Waals surface area (Å²) in [5, 5.41) is 3.07. The van der Waals surface area contributed by atoms with Crippen LogP contribution in [0.2, 0.25) is 5.02 Å². The lowest BCUT2D eigenvalue weighted by Gasteiger charge is -2.07. The highest BCUT2D eigenvalue weighted by Crippen LogP contribution is 2.37. The quantitative estimate of drug-likeness (QED) is 0.875. The first-order valence-corrected chi connectivity index (χ1v) is 7.68. The van der Waals surface area contributed by atoms with E-state index in [1.807, 2.05) is 6.07 Å². The van der Waals surface area contributed by atoms with Gasteiger partial charge in [0.05, 0.1) is 4.88 Å². The molecule has 0 aliphatic heterocycles. The number of thiazole rings is 1. The van der Waals surface area contributed by atoms with Crippen LogP contribution in [0.1, 0.15) is 23.4 Å². The maximum absolute atomic E-state index is 12.6. The molecule has 3 rings (SSSR count). The number of halogens is 4. The Morgan fingerprint density at radius 3 is 2.67 bits per heavy atom. The number of aromatic nitrogens is 1. The summed E-state index contributed by atoms with van der Waals surface area (Å²) in [5.41, 5.74) is 1.61. The van der Waals surface area contributed by atoms with Gasteiger partial charge in [0, 0.05) is 23.8 Å². The van der Waals surface area contributed by atoms with Gasteiger partial charge in [0.2, 0.25) is 0 Å². The standard InChI is InChI=1S/C14H12ClF3N2S/c15-11-5-8(1-2-9(11)6-19-10-3-4-10)12-7-20-13(21-12)14(16,17)18/h1-2,5,7,10,19H,3-4,6H2. The fourth-order valence-corrected chi connectivity index (χ4v) is 2.95. The normalized spacial score (nSPS) is 15.4. The minimum absolute atomic E-state index is 0.464. The van der Waals surface area contributed by atoms with Gasteiger partial charge in [-0.05, 0) is 30.0 Å². The molecule has 0 bridgehead atoms. The van der Waals surface area contributed by atoms with Crippen molar-refractivity contribution in [2.24, 2.45) is 0 Å². The molecule has 7 heteroatoms. The molecule has 1 N–H and O–H groups in total. The van der Waals surface area contributed by atoms with Gasteiger partial charge in [-0.1, -0.05) is 23.7 Å². The Morgan fingerprint density at radius 2 is 2.10 bits per heavy atom. The van der Waals surface area contributed by atoms with E-state index in [0.717, 1.165) is 5.56 Å². The van der Waals surface area contributed by atoms with Gasteiger partial charge in [0.25, 0.3) is 0 Å². The van der Waals surface area contributed by atoms with Crippen molar-refractivity contribution in [2.45, 2.75) is 31.6 Å². The lowest BCUT2D eigenvalue weighted by Crippen LogP contribution is -2.15. The highest BCUT2D eigenvalue weighted by atomic mass is 35.5. The van der Waals surface area contributed by atoms with Gasteiger partial charge in [-0.2, -0.15) is 13.2 Å². The summed E-state index contributed by atoms with van der Waals surface area (Å²) in [6, 6.07) is 5.90. The third kappa shape index (κ3) is 3.56. The summed E-state index contributed by atoms with van der Waals surface area (Å²) in [6.07, 6.45) is -0.782. The van der Waals surface area contributed by atoms with E-state index in [4.69, 9.17) is 11.6 Å². The second-order valence-corrected chi connectivity index (χ2v) is 6.43. The summed E-state index contributed by atoms with van der Waals surface area (Å²) in [4.78, 5) is 3.89. The molecule has 1 aromatic heterocycles. The zero-order chi connectivity index (χ0) is 15.0. The zero-order valence-corrected chi connectivity index (χ0v) is 12.4. The smallest absolute Gasteiger partial charge is 0.310 e. The summed E-state index contributed by atoms with van der Waals surface area (Å²) < 4.78 is 37.7. The number of hydrogen-bond donors (Lipinski definition) is 1. The van der Waals surface area contributed by atoms with Gasteiger partial charge in [-0.15, -0.1) is 11.3 Å². The van der Waals surface area contributed by atoms with Crippen molar-refractivity contribution in [3.8, 4) is 10.4 Å². The second-order valence-electron chi connectivity index (χ2n) is 4.99. The Kier molecular flexibility index (Phi) is 3.94. The van der Waals surface area contributed by atoms with Crippen LogP contribution >= 0.6 is 22.9 Å². The Labute approximate surface area is 129 Å². The summed E-state index contributed by atoms with van der Waals surface area (Å²) in [5.74, 6) is 0. The molecule has 112 valence electrons. The van der Waals surface area contributed by atoms with Crippen molar-refractivity contribution in [1.82, 2.24) is 10.3 Å². The number of hydrogen-bond acceptors (Lipinski definition) is 3. The average molecular weight is 333 g/mol. The van der Waals surface area contributed by atoms with Crippen LogP contribution in [0.4, 0.5) is 13.2 Å². The van der Waals surface area contributed by atoms with E-state index in [1.165, 1.54) is 19.0 Å². The monoisotopic (exact) mass is 332 g/mol. The molecule has 1 heterocycles. The maximum Gasteiger partial charge on any atom is 0.443 e. The van der Waals surface area contributed by atoms with Crippen LogP contribution in [0.25, 0.3) is 10.4 Å². The largest absolute Gasteiger partial charge is 0.443 e. The maximum atomic E-state index is 12.6. The minimum atomic E-state index is -4.40. The molecule has 0 unspecified atom stereocenters.